The Balaban J connectivity index is 1.64. The molecule has 0 spiro atoms. The first kappa shape index (κ1) is 19.3. The van der Waals surface area contributed by atoms with Crippen molar-refractivity contribution in [1.82, 2.24) is 9.55 Å². The zero-order valence-electron chi connectivity index (χ0n) is 16.5. The number of nitrogens with one attached hydrogen (secondary N) is 1. The maximum absolute atomic E-state index is 14.4. The molecule has 5 nitrogen and oxygen atoms in total. The molecule has 1 saturated carbocycles. The lowest BCUT2D eigenvalue weighted by molar-refractivity contribution is -0.117. The van der Waals surface area contributed by atoms with Crippen molar-refractivity contribution in [2.24, 2.45) is 5.92 Å². The second-order valence-electron chi connectivity index (χ2n) is 7.74. The van der Waals surface area contributed by atoms with Crippen LogP contribution >= 0.6 is 0 Å². The minimum Gasteiger partial charge on any atom is -0.324 e. The van der Waals surface area contributed by atoms with Crippen molar-refractivity contribution in [3.63, 3.8) is 0 Å². The van der Waals surface area contributed by atoms with Gasteiger partial charge in [0.25, 0.3) is 5.56 Å². The Labute approximate surface area is 168 Å². The molecule has 150 valence electrons. The molecule has 1 heterocycles. The molecule has 0 aliphatic heterocycles. The van der Waals surface area contributed by atoms with Crippen LogP contribution in [-0.4, -0.2) is 15.5 Å². The number of hydrogen-bond acceptors (Lipinski definition) is 3. The van der Waals surface area contributed by atoms with Crippen molar-refractivity contribution in [3.05, 3.63) is 64.5 Å². The van der Waals surface area contributed by atoms with E-state index in [4.69, 9.17) is 0 Å². The molecule has 3 aromatic rings. The van der Waals surface area contributed by atoms with E-state index < -0.39 is 5.82 Å². The number of rotatable bonds is 4. The van der Waals surface area contributed by atoms with E-state index in [2.05, 4.69) is 10.3 Å². The van der Waals surface area contributed by atoms with E-state index in [-0.39, 0.29) is 17.2 Å². The fourth-order valence-corrected chi connectivity index (χ4v) is 4.15. The molecule has 1 aromatic heterocycles. The highest BCUT2D eigenvalue weighted by atomic mass is 19.1. The van der Waals surface area contributed by atoms with Crippen molar-refractivity contribution in [3.8, 4) is 5.69 Å². The average Bonchev–Trinajstić information content (AvgIpc) is 2.71. The van der Waals surface area contributed by atoms with E-state index in [1.807, 2.05) is 6.07 Å². The van der Waals surface area contributed by atoms with Crippen molar-refractivity contribution < 1.29 is 9.18 Å². The van der Waals surface area contributed by atoms with Crippen LogP contribution in [0.25, 0.3) is 16.6 Å². The molecule has 1 fully saturated rings. The van der Waals surface area contributed by atoms with Crippen LogP contribution in [0, 0.1) is 18.7 Å². The van der Waals surface area contributed by atoms with Gasteiger partial charge in [-0.3, -0.25) is 14.2 Å². The number of para-hydroxylation sites is 1. The molecule has 4 rings (SSSR count). The van der Waals surface area contributed by atoms with Gasteiger partial charge in [-0.2, -0.15) is 0 Å². The third kappa shape index (κ3) is 4.06. The van der Waals surface area contributed by atoms with Crippen LogP contribution in [0.5, 0.6) is 0 Å². The Morgan fingerprint density at radius 3 is 2.72 bits per heavy atom. The predicted octanol–water partition coefficient (Wildman–Crippen LogP) is 4.74. The first-order valence-corrected chi connectivity index (χ1v) is 10.1. The fraction of sp³-hybridized carbons (Fsp3) is 0.348. The molecule has 0 atom stereocenters. The summed E-state index contributed by atoms with van der Waals surface area (Å²) in [5.74, 6) is 0.156. The summed E-state index contributed by atoms with van der Waals surface area (Å²) in [7, 11) is 0. The van der Waals surface area contributed by atoms with Crippen molar-refractivity contribution in [1.29, 1.82) is 0 Å². The molecule has 29 heavy (non-hydrogen) atoms. The lowest BCUT2D eigenvalue weighted by atomic mass is 9.87. The molecule has 0 bridgehead atoms. The molecule has 2 aromatic carbocycles. The van der Waals surface area contributed by atoms with Gasteiger partial charge in [-0.1, -0.05) is 31.4 Å². The third-order valence-electron chi connectivity index (χ3n) is 5.62. The molecule has 0 unspecified atom stereocenters. The number of halogens is 1. The Morgan fingerprint density at radius 1 is 1.17 bits per heavy atom. The van der Waals surface area contributed by atoms with E-state index in [1.54, 1.807) is 25.1 Å². The predicted molar refractivity (Wildman–Crippen MR) is 112 cm³/mol. The standard InChI is InChI=1S/C23H24FN3O2/c1-15-25-20-10-6-5-9-18(20)23(29)27(15)17-11-12-19(24)21(14-17)26-22(28)13-16-7-3-2-4-8-16/h5-6,9-12,14,16H,2-4,7-8,13H2,1H3,(H,26,28). The van der Waals surface area contributed by atoms with Crippen molar-refractivity contribution in [2.45, 2.75) is 45.4 Å². The summed E-state index contributed by atoms with van der Waals surface area (Å²) in [6.45, 7) is 1.73. The van der Waals surface area contributed by atoms with Gasteiger partial charge >= 0.3 is 0 Å². The van der Waals surface area contributed by atoms with E-state index in [1.165, 1.54) is 29.2 Å². The minimum atomic E-state index is -0.523. The van der Waals surface area contributed by atoms with Crippen LogP contribution in [0.4, 0.5) is 10.1 Å². The van der Waals surface area contributed by atoms with Crippen LogP contribution in [-0.2, 0) is 4.79 Å². The summed E-state index contributed by atoms with van der Waals surface area (Å²) in [6.07, 6.45) is 6.03. The van der Waals surface area contributed by atoms with Gasteiger partial charge in [0.1, 0.15) is 11.6 Å². The first-order valence-electron chi connectivity index (χ1n) is 10.1. The number of hydrogen-bond donors (Lipinski definition) is 1. The molecule has 0 saturated heterocycles. The van der Waals surface area contributed by atoms with Gasteiger partial charge in [0, 0.05) is 6.42 Å². The Bertz CT molecular complexity index is 1120. The number of aromatic nitrogens is 2. The smallest absolute Gasteiger partial charge is 0.265 e. The number of aryl methyl sites for hydroxylation is 1. The van der Waals surface area contributed by atoms with E-state index in [0.29, 0.717) is 34.8 Å². The summed E-state index contributed by atoms with van der Waals surface area (Å²) in [4.78, 5) is 29.9. The highest BCUT2D eigenvalue weighted by Gasteiger charge is 2.18. The van der Waals surface area contributed by atoms with Gasteiger partial charge in [-0.25, -0.2) is 9.37 Å². The maximum Gasteiger partial charge on any atom is 0.265 e. The molecular formula is C23H24FN3O2. The van der Waals surface area contributed by atoms with Crippen LogP contribution in [0.15, 0.2) is 47.3 Å². The average molecular weight is 393 g/mol. The van der Waals surface area contributed by atoms with E-state index in [0.717, 1.165) is 25.7 Å². The Hall–Kier alpha value is -3.02. The minimum absolute atomic E-state index is 0.0859. The summed E-state index contributed by atoms with van der Waals surface area (Å²) in [5.41, 5.74) is 0.955. The molecule has 1 amide bonds. The van der Waals surface area contributed by atoms with Crippen LogP contribution in [0.2, 0.25) is 0 Å². The second kappa shape index (κ2) is 8.15. The molecule has 1 aliphatic carbocycles. The number of benzene rings is 2. The van der Waals surface area contributed by atoms with E-state index in [9.17, 15) is 14.0 Å². The quantitative estimate of drug-likeness (QED) is 0.696. The second-order valence-corrected chi connectivity index (χ2v) is 7.74. The summed E-state index contributed by atoms with van der Waals surface area (Å²) in [5, 5.41) is 3.19. The molecular weight excluding hydrogens is 369 g/mol. The summed E-state index contributed by atoms with van der Waals surface area (Å²) >= 11 is 0. The number of nitrogens with zero attached hydrogens (tertiary/aromatic N) is 2. The number of fused-ring (bicyclic) bond motifs is 1. The van der Waals surface area contributed by atoms with Gasteiger partial charge in [-0.05, 0) is 56.0 Å². The topological polar surface area (TPSA) is 64.0 Å². The molecule has 1 aliphatic rings. The molecule has 0 radical (unpaired) electrons. The monoisotopic (exact) mass is 393 g/mol. The van der Waals surface area contributed by atoms with Crippen LogP contribution in [0.1, 0.15) is 44.3 Å². The van der Waals surface area contributed by atoms with Crippen molar-refractivity contribution >= 4 is 22.5 Å². The summed E-state index contributed by atoms with van der Waals surface area (Å²) < 4.78 is 15.8. The zero-order chi connectivity index (χ0) is 20.4. The molecule has 1 N–H and O–H groups in total. The third-order valence-corrected chi connectivity index (χ3v) is 5.62. The largest absolute Gasteiger partial charge is 0.324 e. The van der Waals surface area contributed by atoms with Gasteiger partial charge in [0.15, 0.2) is 0 Å². The van der Waals surface area contributed by atoms with Crippen molar-refractivity contribution in [2.75, 3.05) is 5.32 Å². The number of carbonyl (C=O) groups excluding carboxylic acids is 1. The van der Waals surface area contributed by atoms with Crippen LogP contribution in [0.3, 0.4) is 0 Å². The van der Waals surface area contributed by atoms with Gasteiger partial charge in [0.05, 0.1) is 22.3 Å². The SMILES string of the molecule is Cc1nc2ccccc2c(=O)n1-c1ccc(F)c(NC(=O)CC2CCCCC2)c1. The van der Waals surface area contributed by atoms with Gasteiger partial charge < -0.3 is 5.32 Å². The summed E-state index contributed by atoms with van der Waals surface area (Å²) in [6, 6.07) is 11.4. The molecule has 6 heteroatoms. The zero-order valence-corrected chi connectivity index (χ0v) is 16.5. The Kier molecular flexibility index (Phi) is 5.43. The lowest BCUT2D eigenvalue weighted by Crippen LogP contribution is -2.23. The van der Waals surface area contributed by atoms with E-state index >= 15 is 0 Å². The normalized spacial score (nSPS) is 14.8. The lowest BCUT2D eigenvalue weighted by Gasteiger charge is -2.21. The Morgan fingerprint density at radius 2 is 1.93 bits per heavy atom. The van der Waals surface area contributed by atoms with Crippen LogP contribution < -0.4 is 10.9 Å². The first-order chi connectivity index (χ1) is 14.0. The number of anilines is 1. The number of amides is 1. The highest BCUT2D eigenvalue weighted by molar-refractivity contribution is 5.91. The fourth-order valence-electron chi connectivity index (χ4n) is 4.15. The van der Waals surface area contributed by atoms with Gasteiger partial charge in [-0.15, -0.1) is 0 Å². The highest BCUT2D eigenvalue weighted by Crippen LogP contribution is 2.27. The number of carbonyl (C=O) groups is 1. The maximum atomic E-state index is 14.4. The van der Waals surface area contributed by atoms with Gasteiger partial charge in [0.2, 0.25) is 5.91 Å².